The third kappa shape index (κ3) is 2.42. The number of hydrogen-bond acceptors (Lipinski definition) is 3. The number of para-hydroxylation sites is 1. The van der Waals surface area contributed by atoms with Crippen LogP contribution in [0.2, 0.25) is 0 Å². The molecule has 0 fully saturated rings. The van der Waals surface area contributed by atoms with Gasteiger partial charge in [0.1, 0.15) is 11.6 Å². The number of amidine groups is 1. The molecular formula is C13H16N2O. The van der Waals surface area contributed by atoms with E-state index in [9.17, 15) is 5.11 Å². The molecule has 1 heterocycles. The van der Waals surface area contributed by atoms with Gasteiger partial charge in [0.25, 0.3) is 0 Å². The predicted molar refractivity (Wildman–Crippen MR) is 66.7 cm³/mol. The zero-order chi connectivity index (χ0) is 11.4. The minimum atomic E-state index is 0.304. The summed E-state index contributed by atoms with van der Waals surface area (Å²) >= 11 is 0. The Labute approximate surface area is 95.7 Å². The monoisotopic (exact) mass is 216 g/mol. The van der Waals surface area contributed by atoms with Gasteiger partial charge in [0.2, 0.25) is 0 Å². The molecule has 0 saturated carbocycles. The fourth-order valence-electron chi connectivity index (χ4n) is 1.71. The zero-order valence-electron chi connectivity index (χ0n) is 9.43. The van der Waals surface area contributed by atoms with Crippen molar-refractivity contribution in [2.45, 2.75) is 6.42 Å². The number of benzene rings is 1. The summed E-state index contributed by atoms with van der Waals surface area (Å²) < 4.78 is 0. The average Bonchev–Trinajstić information content (AvgIpc) is 2.30. The number of likely N-dealkylation sites (N-methyl/N-ethyl adjacent to an activating group) is 1. The molecule has 0 saturated heterocycles. The second-order valence-corrected chi connectivity index (χ2v) is 3.91. The molecule has 0 radical (unpaired) electrons. The van der Waals surface area contributed by atoms with E-state index in [1.807, 2.05) is 37.4 Å². The standard InChI is InChI=1S/C13H16N2O/c1-15-10-4-9-14-13(15)8-7-11-5-2-3-6-12(11)16/h2-3,5-8,16H,4,9-10H2,1H3/b8-7+. The fourth-order valence-corrected chi connectivity index (χ4v) is 1.71. The average molecular weight is 216 g/mol. The topological polar surface area (TPSA) is 35.8 Å². The van der Waals surface area contributed by atoms with Gasteiger partial charge in [-0.2, -0.15) is 0 Å². The van der Waals surface area contributed by atoms with E-state index in [1.165, 1.54) is 0 Å². The SMILES string of the molecule is CN1CCCN=C1/C=C/c1ccccc1O. The Morgan fingerprint density at radius 2 is 2.12 bits per heavy atom. The van der Waals surface area contributed by atoms with E-state index in [1.54, 1.807) is 6.07 Å². The Bertz CT molecular complexity index is 424. The number of hydrogen-bond donors (Lipinski definition) is 1. The summed E-state index contributed by atoms with van der Waals surface area (Å²) in [7, 11) is 2.03. The van der Waals surface area contributed by atoms with Gasteiger partial charge in [-0.15, -0.1) is 0 Å². The summed E-state index contributed by atoms with van der Waals surface area (Å²) in [6.45, 7) is 1.94. The molecule has 0 aromatic heterocycles. The minimum Gasteiger partial charge on any atom is -0.507 e. The van der Waals surface area contributed by atoms with Crippen molar-refractivity contribution in [1.29, 1.82) is 0 Å². The van der Waals surface area contributed by atoms with Crippen LogP contribution >= 0.6 is 0 Å². The molecule has 0 unspecified atom stereocenters. The molecular weight excluding hydrogens is 200 g/mol. The number of phenolic OH excluding ortho intramolecular Hbond substituents is 1. The summed E-state index contributed by atoms with van der Waals surface area (Å²) in [6.07, 6.45) is 4.97. The summed E-state index contributed by atoms with van der Waals surface area (Å²) in [4.78, 5) is 6.55. The van der Waals surface area contributed by atoms with Gasteiger partial charge in [-0.1, -0.05) is 18.2 Å². The Morgan fingerprint density at radius 1 is 1.31 bits per heavy atom. The van der Waals surface area contributed by atoms with E-state index < -0.39 is 0 Å². The Balaban J connectivity index is 2.15. The van der Waals surface area contributed by atoms with Crippen molar-refractivity contribution in [3.63, 3.8) is 0 Å². The number of rotatable bonds is 2. The maximum Gasteiger partial charge on any atom is 0.123 e. The third-order valence-electron chi connectivity index (χ3n) is 2.67. The Kier molecular flexibility index (Phi) is 3.25. The normalized spacial score (nSPS) is 16.6. The van der Waals surface area contributed by atoms with Crippen LogP contribution in [0.15, 0.2) is 35.3 Å². The molecule has 1 aromatic carbocycles. The van der Waals surface area contributed by atoms with E-state index in [0.717, 1.165) is 30.9 Å². The lowest BCUT2D eigenvalue weighted by molar-refractivity contribution is 0.470. The molecule has 3 heteroatoms. The van der Waals surface area contributed by atoms with Crippen molar-refractivity contribution in [3.8, 4) is 5.75 Å². The first-order chi connectivity index (χ1) is 7.77. The highest BCUT2D eigenvalue weighted by Crippen LogP contribution is 2.17. The smallest absolute Gasteiger partial charge is 0.123 e. The second-order valence-electron chi connectivity index (χ2n) is 3.91. The third-order valence-corrected chi connectivity index (χ3v) is 2.67. The fraction of sp³-hybridized carbons (Fsp3) is 0.308. The maximum atomic E-state index is 9.60. The highest BCUT2D eigenvalue weighted by Gasteiger charge is 2.07. The summed E-state index contributed by atoms with van der Waals surface area (Å²) in [5.41, 5.74) is 0.823. The van der Waals surface area contributed by atoms with E-state index in [4.69, 9.17) is 0 Å². The molecule has 16 heavy (non-hydrogen) atoms. The van der Waals surface area contributed by atoms with Crippen LogP contribution in [0, 0.1) is 0 Å². The molecule has 0 amide bonds. The van der Waals surface area contributed by atoms with Crippen LogP contribution in [0.3, 0.4) is 0 Å². The van der Waals surface area contributed by atoms with Gasteiger partial charge in [0.05, 0.1) is 0 Å². The molecule has 1 aliphatic heterocycles. The lowest BCUT2D eigenvalue weighted by Gasteiger charge is -2.22. The highest BCUT2D eigenvalue weighted by molar-refractivity contribution is 5.96. The lowest BCUT2D eigenvalue weighted by Crippen LogP contribution is -2.30. The molecule has 84 valence electrons. The number of phenols is 1. The van der Waals surface area contributed by atoms with Crippen molar-refractivity contribution in [1.82, 2.24) is 4.90 Å². The van der Waals surface area contributed by atoms with Gasteiger partial charge in [0.15, 0.2) is 0 Å². The Morgan fingerprint density at radius 3 is 2.88 bits per heavy atom. The second kappa shape index (κ2) is 4.84. The van der Waals surface area contributed by atoms with Crippen LogP contribution in [0.1, 0.15) is 12.0 Å². The molecule has 1 aliphatic rings. The van der Waals surface area contributed by atoms with Gasteiger partial charge in [-0.3, -0.25) is 4.99 Å². The Hall–Kier alpha value is -1.77. The number of nitrogens with zero attached hydrogens (tertiary/aromatic N) is 2. The molecule has 2 rings (SSSR count). The van der Waals surface area contributed by atoms with E-state index in [0.29, 0.717) is 5.75 Å². The maximum absolute atomic E-state index is 9.60. The van der Waals surface area contributed by atoms with Crippen LogP contribution in [0.4, 0.5) is 0 Å². The van der Waals surface area contributed by atoms with E-state index >= 15 is 0 Å². The van der Waals surface area contributed by atoms with Crippen LogP contribution < -0.4 is 0 Å². The van der Waals surface area contributed by atoms with Crippen LogP contribution in [0.25, 0.3) is 6.08 Å². The first-order valence-electron chi connectivity index (χ1n) is 5.49. The van der Waals surface area contributed by atoms with Gasteiger partial charge >= 0.3 is 0 Å². The van der Waals surface area contributed by atoms with Crippen LogP contribution in [0.5, 0.6) is 5.75 Å². The molecule has 0 aliphatic carbocycles. The molecule has 0 spiro atoms. The lowest BCUT2D eigenvalue weighted by atomic mass is 10.2. The molecule has 0 atom stereocenters. The number of aliphatic imine (C=N–C) groups is 1. The van der Waals surface area contributed by atoms with Crippen molar-refractivity contribution < 1.29 is 5.11 Å². The summed E-state index contributed by atoms with van der Waals surface area (Å²) in [5, 5.41) is 9.60. The largest absolute Gasteiger partial charge is 0.507 e. The highest BCUT2D eigenvalue weighted by atomic mass is 16.3. The zero-order valence-corrected chi connectivity index (χ0v) is 9.43. The first kappa shape index (κ1) is 10.7. The molecule has 3 nitrogen and oxygen atoms in total. The quantitative estimate of drug-likeness (QED) is 0.822. The minimum absolute atomic E-state index is 0.304. The van der Waals surface area contributed by atoms with Crippen molar-refractivity contribution in [2.24, 2.45) is 4.99 Å². The number of aromatic hydroxyl groups is 1. The van der Waals surface area contributed by atoms with Crippen molar-refractivity contribution in [2.75, 3.05) is 20.1 Å². The van der Waals surface area contributed by atoms with Gasteiger partial charge < -0.3 is 10.0 Å². The van der Waals surface area contributed by atoms with Gasteiger partial charge in [-0.05, 0) is 24.6 Å². The first-order valence-corrected chi connectivity index (χ1v) is 5.49. The van der Waals surface area contributed by atoms with Gasteiger partial charge in [0, 0.05) is 25.7 Å². The molecule has 0 bridgehead atoms. The van der Waals surface area contributed by atoms with Crippen molar-refractivity contribution >= 4 is 11.9 Å². The van der Waals surface area contributed by atoms with Crippen molar-refractivity contribution in [3.05, 3.63) is 35.9 Å². The molecule has 1 N–H and O–H groups in total. The van der Waals surface area contributed by atoms with Crippen LogP contribution in [-0.4, -0.2) is 36.0 Å². The van der Waals surface area contributed by atoms with Crippen LogP contribution in [-0.2, 0) is 0 Å². The van der Waals surface area contributed by atoms with Gasteiger partial charge in [-0.25, -0.2) is 0 Å². The van der Waals surface area contributed by atoms with E-state index in [-0.39, 0.29) is 0 Å². The summed E-state index contributed by atoms with van der Waals surface area (Å²) in [5.74, 6) is 1.28. The molecule has 1 aromatic rings. The summed E-state index contributed by atoms with van der Waals surface area (Å²) in [6, 6.07) is 7.30. The van der Waals surface area contributed by atoms with E-state index in [2.05, 4.69) is 9.89 Å². The predicted octanol–water partition coefficient (Wildman–Crippen LogP) is 2.14.